The third-order valence-electron chi connectivity index (χ3n) is 3.68. The molecular formula is C17H22N2O4S2. The van der Waals surface area contributed by atoms with E-state index in [0.29, 0.717) is 10.1 Å². The number of hydrogen-bond acceptors (Lipinski definition) is 5. The zero-order chi connectivity index (χ0) is 18.7. The number of rotatable bonds is 7. The molecule has 2 N–H and O–H groups in total. The summed E-state index contributed by atoms with van der Waals surface area (Å²) in [5, 5.41) is 0. The molecule has 0 aliphatic carbocycles. The number of benzene rings is 2. The lowest BCUT2D eigenvalue weighted by Crippen LogP contribution is -2.44. The smallest absolute Gasteiger partial charge is 0.256 e. The van der Waals surface area contributed by atoms with Crippen LogP contribution in [0, 0.1) is 6.92 Å². The van der Waals surface area contributed by atoms with Crippen LogP contribution in [0.2, 0.25) is 0 Å². The predicted molar refractivity (Wildman–Crippen MR) is 98.0 cm³/mol. The van der Waals surface area contributed by atoms with Gasteiger partial charge in [0.25, 0.3) is 10.0 Å². The molecule has 136 valence electrons. The van der Waals surface area contributed by atoms with Crippen LogP contribution in [0.4, 0.5) is 0 Å². The van der Waals surface area contributed by atoms with E-state index in [-0.39, 0.29) is 11.4 Å². The van der Waals surface area contributed by atoms with Gasteiger partial charge in [0.2, 0.25) is 10.0 Å². The Morgan fingerprint density at radius 3 is 2.04 bits per heavy atom. The van der Waals surface area contributed by atoms with E-state index in [1.807, 2.05) is 37.3 Å². The Labute approximate surface area is 149 Å². The van der Waals surface area contributed by atoms with E-state index < -0.39 is 26.1 Å². The summed E-state index contributed by atoms with van der Waals surface area (Å²) in [5.74, 6) is 0. The first-order valence-corrected chi connectivity index (χ1v) is 11.0. The summed E-state index contributed by atoms with van der Waals surface area (Å²) in [7, 11) is -8.20. The number of nitrogens with zero attached hydrogens (tertiary/aromatic N) is 1. The van der Waals surface area contributed by atoms with Gasteiger partial charge in [-0.15, -0.1) is 0 Å². The van der Waals surface area contributed by atoms with Crippen LogP contribution in [0.5, 0.6) is 0 Å². The first-order valence-electron chi connectivity index (χ1n) is 7.70. The lowest BCUT2D eigenvalue weighted by molar-refractivity contribution is 0.471. The molecule has 0 fully saturated rings. The van der Waals surface area contributed by atoms with E-state index in [9.17, 15) is 16.8 Å². The van der Waals surface area contributed by atoms with Crippen molar-refractivity contribution >= 4 is 20.0 Å². The highest BCUT2D eigenvalue weighted by Crippen LogP contribution is 2.20. The predicted octanol–water partition coefficient (Wildman–Crippen LogP) is 1.52. The lowest BCUT2D eigenvalue weighted by Gasteiger charge is -2.23. The van der Waals surface area contributed by atoms with Crippen molar-refractivity contribution in [3.63, 3.8) is 0 Å². The van der Waals surface area contributed by atoms with Crippen molar-refractivity contribution in [3.05, 3.63) is 65.7 Å². The molecule has 0 unspecified atom stereocenters. The fraction of sp³-hybridized carbons (Fsp3) is 0.294. The van der Waals surface area contributed by atoms with E-state index in [1.165, 1.54) is 12.1 Å². The van der Waals surface area contributed by atoms with Crippen molar-refractivity contribution in [1.82, 2.24) is 3.71 Å². The van der Waals surface area contributed by atoms with Crippen molar-refractivity contribution in [2.45, 2.75) is 24.3 Å². The molecular weight excluding hydrogens is 360 g/mol. The van der Waals surface area contributed by atoms with Crippen LogP contribution in [0.25, 0.3) is 0 Å². The molecule has 2 aromatic rings. The highest BCUT2D eigenvalue weighted by atomic mass is 32.3. The van der Waals surface area contributed by atoms with Gasteiger partial charge in [0, 0.05) is 12.6 Å². The van der Waals surface area contributed by atoms with Crippen molar-refractivity contribution < 1.29 is 16.8 Å². The number of aryl methyl sites for hydroxylation is 1. The average Bonchev–Trinajstić information content (AvgIpc) is 2.53. The normalized spacial score (nSPS) is 13.8. The van der Waals surface area contributed by atoms with E-state index in [0.717, 1.165) is 17.4 Å². The SMILES string of the molecule is Cc1ccc(S(=O)(=O)N(C[C@@H](N)Cc2ccccc2)S(C)(=O)=O)cc1. The van der Waals surface area contributed by atoms with Crippen LogP contribution in [-0.2, 0) is 26.5 Å². The molecule has 0 amide bonds. The van der Waals surface area contributed by atoms with Gasteiger partial charge < -0.3 is 5.73 Å². The molecule has 6 nitrogen and oxygen atoms in total. The quantitative estimate of drug-likeness (QED) is 0.783. The van der Waals surface area contributed by atoms with Crippen LogP contribution < -0.4 is 5.73 Å². The van der Waals surface area contributed by atoms with Crippen LogP contribution in [0.1, 0.15) is 11.1 Å². The minimum Gasteiger partial charge on any atom is -0.326 e. The maximum atomic E-state index is 12.8. The van der Waals surface area contributed by atoms with Gasteiger partial charge in [-0.05, 0) is 31.0 Å². The summed E-state index contributed by atoms with van der Waals surface area (Å²) >= 11 is 0. The molecule has 2 aromatic carbocycles. The summed E-state index contributed by atoms with van der Waals surface area (Å²) in [6.45, 7) is 1.50. The molecule has 0 aliphatic rings. The van der Waals surface area contributed by atoms with Crippen molar-refractivity contribution in [1.29, 1.82) is 0 Å². The summed E-state index contributed by atoms with van der Waals surface area (Å²) in [6.07, 6.45) is 1.24. The molecule has 8 heteroatoms. The Morgan fingerprint density at radius 2 is 1.52 bits per heavy atom. The fourth-order valence-electron chi connectivity index (χ4n) is 2.41. The fourth-order valence-corrected chi connectivity index (χ4v) is 5.66. The summed E-state index contributed by atoms with van der Waals surface area (Å²) in [4.78, 5) is -0.0737. The van der Waals surface area contributed by atoms with Crippen LogP contribution in [0.15, 0.2) is 59.5 Å². The zero-order valence-corrected chi connectivity index (χ0v) is 15.8. The van der Waals surface area contributed by atoms with Crippen molar-refractivity contribution in [3.8, 4) is 0 Å². The maximum absolute atomic E-state index is 12.8. The van der Waals surface area contributed by atoms with Gasteiger partial charge in [-0.25, -0.2) is 16.8 Å². The molecule has 0 saturated heterocycles. The monoisotopic (exact) mass is 382 g/mol. The average molecular weight is 383 g/mol. The molecule has 0 radical (unpaired) electrons. The largest absolute Gasteiger partial charge is 0.326 e. The molecule has 0 aromatic heterocycles. The van der Waals surface area contributed by atoms with Crippen LogP contribution in [-0.4, -0.2) is 39.4 Å². The molecule has 0 heterocycles. The van der Waals surface area contributed by atoms with Gasteiger partial charge >= 0.3 is 0 Å². The summed E-state index contributed by atoms with van der Waals surface area (Å²) in [6, 6.07) is 14.7. The first-order chi connectivity index (χ1) is 11.6. The number of hydrogen-bond donors (Lipinski definition) is 1. The van der Waals surface area contributed by atoms with Gasteiger partial charge in [0.05, 0.1) is 11.2 Å². The summed E-state index contributed by atoms with van der Waals surface area (Å²) < 4.78 is 50.2. The Balaban J connectivity index is 2.29. The molecule has 0 saturated carbocycles. The van der Waals surface area contributed by atoms with Gasteiger partial charge in [-0.3, -0.25) is 0 Å². The Morgan fingerprint density at radius 1 is 0.960 bits per heavy atom. The number of sulfonamides is 2. The van der Waals surface area contributed by atoms with Crippen LogP contribution in [0.3, 0.4) is 0 Å². The second-order valence-electron chi connectivity index (χ2n) is 5.99. The van der Waals surface area contributed by atoms with Crippen LogP contribution >= 0.6 is 0 Å². The molecule has 25 heavy (non-hydrogen) atoms. The van der Waals surface area contributed by atoms with E-state index in [2.05, 4.69) is 0 Å². The molecule has 2 rings (SSSR count). The van der Waals surface area contributed by atoms with Gasteiger partial charge in [0.1, 0.15) is 0 Å². The summed E-state index contributed by atoms with van der Waals surface area (Å²) in [5.41, 5.74) is 7.82. The molecule has 1 atom stereocenters. The second-order valence-corrected chi connectivity index (χ2v) is 9.99. The van der Waals surface area contributed by atoms with E-state index in [4.69, 9.17) is 5.73 Å². The number of nitrogens with two attached hydrogens (primary N) is 1. The zero-order valence-electron chi connectivity index (χ0n) is 14.2. The Hall–Kier alpha value is -1.74. The molecule has 0 aliphatic heterocycles. The highest BCUT2D eigenvalue weighted by molar-refractivity contribution is 8.03. The topological polar surface area (TPSA) is 97.5 Å². The lowest BCUT2D eigenvalue weighted by atomic mass is 10.1. The van der Waals surface area contributed by atoms with Gasteiger partial charge in [-0.1, -0.05) is 51.7 Å². The first kappa shape index (κ1) is 19.6. The Bertz CT molecular complexity index is 909. The van der Waals surface area contributed by atoms with E-state index >= 15 is 0 Å². The standard InChI is InChI=1S/C17H22N2O4S2/c1-14-8-10-17(11-9-14)25(22,23)19(24(2,20)21)13-16(18)12-15-6-4-3-5-7-15/h3-11,16H,12-13,18H2,1-2H3/t16-/m0/s1. The van der Waals surface area contributed by atoms with Gasteiger partial charge in [0.15, 0.2) is 0 Å². The van der Waals surface area contributed by atoms with Gasteiger partial charge in [-0.2, -0.15) is 0 Å². The molecule has 0 bridgehead atoms. The maximum Gasteiger partial charge on any atom is 0.256 e. The van der Waals surface area contributed by atoms with Crippen molar-refractivity contribution in [2.75, 3.05) is 12.8 Å². The van der Waals surface area contributed by atoms with E-state index in [1.54, 1.807) is 12.1 Å². The minimum absolute atomic E-state index is 0.0737. The third kappa shape index (κ3) is 5.12. The Kier molecular flexibility index (Phi) is 5.99. The highest BCUT2D eigenvalue weighted by Gasteiger charge is 2.33. The second kappa shape index (κ2) is 7.65. The molecule has 0 spiro atoms. The third-order valence-corrected chi connectivity index (χ3v) is 7.52. The van der Waals surface area contributed by atoms with Crippen molar-refractivity contribution in [2.24, 2.45) is 5.73 Å². The minimum atomic E-state index is -4.20.